The number of aromatic nitrogens is 2. The quantitative estimate of drug-likeness (QED) is 0.522. The number of halogens is 2. The summed E-state index contributed by atoms with van der Waals surface area (Å²) in [6.07, 6.45) is 3.51. The Morgan fingerprint density at radius 3 is 2.61 bits per heavy atom. The maximum absolute atomic E-state index is 12.6. The van der Waals surface area contributed by atoms with E-state index in [4.69, 9.17) is 28.9 Å². The van der Waals surface area contributed by atoms with Crippen molar-refractivity contribution in [3.05, 3.63) is 75.2 Å². The van der Waals surface area contributed by atoms with Gasteiger partial charge >= 0.3 is 0 Å². The van der Waals surface area contributed by atoms with Crippen LogP contribution in [0, 0.1) is 6.92 Å². The predicted octanol–water partition coefficient (Wildman–Crippen LogP) is 3.89. The summed E-state index contributed by atoms with van der Waals surface area (Å²) < 4.78 is 1.61. The molecule has 1 fully saturated rings. The molecular weight excluding hydrogens is 437 g/mol. The Kier molecular flexibility index (Phi) is 5.89. The van der Waals surface area contributed by atoms with Gasteiger partial charge in [-0.1, -0.05) is 35.3 Å². The van der Waals surface area contributed by atoms with Gasteiger partial charge in [0.1, 0.15) is 12.1 Å². The van der Waals surface area contributed by atoms with Crippen molar-refractivity contribution < 1.29 is 9.59 Å². The fraction of sp³-hybridized carbons (Fsp3) is 0.227. The highest BCUT2D eigenvalue weighted by atomic mass is 35.5. The number of aryl methyl sites for hydroxylation is 1. The molecular formula is C22H21Cl2N5O2. The molecule has 4 rings (SSSR count). The smallest absolute Gasteiger partial charge is 0.273 e. The largest absolute Gasteiger partial charge is 0.383 e. The van der Waals surface area contributed by atoms with Crippen molar-refractivity contribution in [1.29, 1.82) is 0 Å². The average Bonchev–Trinajstić information content (AvgIpc) is 3.48. The highest BCUT2D eigenvalue weighted by molar-refractivity contribution is 6.42. The summed E-state index contributed by atoms with van der Waals surface area (Å²) >= 11 is 11.9. The van der Waals surface area contributed by atoms with Crippen LogP contribution >= 0.6 is 23.2 Å². The summed E-state index contributed by atoms with van der Waals surface area (Å²) in [6.45, 7) is 2.15. The molecule has 1 saturated carbocycles. The highest BCUT2D eigenvalue weighted by Crippen LogP contribution is 2.24. The minimum absolute atomic E-state index is 0.104. The van der Waals surface area contributed by atoms with Crippen LogP contribution in [0.25, 0.3) is 5.69 Å². The molecule has 0 atom stereocenters. The Labute approximate surface area is 189 Å². The fourth-order valence-electron chi connectivity index (χ4n) is 3.15. The second-order valence-electron chi connectivity index (χ2n) is 7.53. The maximum Gasteiger partial charge on any atom is 0.273 e. The van der Waals surface area contributed by atoms with Gasteiger partial charge in [-0.15, -0.1) is 0 Å². The molecule has 3 aromatic rings. The third-order valence-corrected chi connectivity index (χ3v) is 5.84. The number of amides is 2. The molecule has 160 valence electrons. The first kappa shape index (κ1) is 21.2. The topological polar surface area (TPSA) is 102 Å². The zero-order chi connectivity index (χ0) is 22.1. The van der Waals surface area contributed by atoms with Crippen LogP contribution in [0.4, 0.5) is 5.82 Å². The molecule has 7 nitrogen and oxygen atoms in total. The van der Waals surface area contributed by atoms with Crippen LogP contribution in [-0.2, 0) is 6.54 Å². The van der Waals surface area contributed by atoms with Gasteiger partial charge in [-0.3, -0.25) is 14.2 Å². The lowest BCUT2D eigenvalue weighted by atomic mass is 10.1. The number of nitrogens with two attached hydrogens (primary N) is 1. The van der Waals surface area contributed by atoms with Crippen molar-refractivity contribution in [1.82, 2.24) is 20.2 Å². The number of nitrogens with one attached hydrogen (secondary N) is 2. The van der Waals surface area contributed by atoms with E-state index >= 15 is 0 Å². The van der Waals surface area contributed by atoms with Gasteiger partial charge in [0, 0.05) is 18.2 Å². The van der Waals surface area contributed by atoms with Gasteiger partial charge < -0.3 is 16.4 Å². The van der Waals surface area contributed by atoms with Gasteiger partial charge in [-0.25, -0.2) is 4.98 Å². The number of hydrogen-bond acceptors (Lipinski definition) is 4. The van der Waals surface area contributed by atoms with Crippen molar-refractivity contribution in [2.45, 2.75) is 32.4 Å². The molecule has 1 aliphatic rings. The average molecular weight is 458 g/mol. The van der Waals surface area contributed by atoms with E-state index < -0.39 is 5.91 Å². The van der Waals surface area contributed by atoms with Gasteiger partial charge in [0.05, 0.1) is 15.7 Å². The maximum atomic E-state index is 12.6. The number of nitrogen functional groups attached to an aromatic ring is 1. The summed E-state index contributed by atoms with van der Waals surface area (Å²) in [6, 6.07) is 10.8. The van der Waals surface area contributed by atoms with Crippen LogP contribution in [0.5, 0.6) is 0 Å². The number of anilines is 1. The van der Waals surface area contributed by atoms with Gasteiger partial charge in [0.25, 0.3) is 11.8 Å². The second kappa shape index (κ2) is 8.61. The van der Waals surface area contributed by atoms with Crippen LogP contribution < -0.4 is 16.4 Å². The molecule has 1 aromatic heterocycles. The Hall–Kier alpha value is -3.03. The standard InChI is InChI=1S/C22H21Cl2N5O2/c1-12-2-4-14(21(30)28-15-5-6-15)9-18(12)29-11-27-19(20(29)25)22(31)26-10-13-3-7-16(23)17(24)8-13/h2-4,7-9,11,15H,5-6,10,25H2,1H3,(H,26,31)(H,28,30). The Bertz CT molecular complexity index is 1170. The molecule has 0 radical (unpaired) electrons. The number of imidazole rings is 1. The minimum Gasteiger partial charge on any atom is -0.383 e. The van der Waals surface area contributed by atoms with Crippen molar-refractivity contribution >= 4 is 40.8 Å². The van der Waals surface area contributed by atoms with E-state index in [1.165, 1.54) is 6.33 Å². The van der Waals surface area contributed by atoms with Gasteiger partial charge in [-0.05, 0) is 55.2 Å². The first-order chi connectivity index (χ1) is 14.8. The van der Waals surface area contributed by atoms with E-state index in [-0.39, 0.29) is 30.0 Å². The monoisotopic (exact) mass is 457 g/mol. The zero-order valence-electron chi connectivity index (χ0n) is 16.8. The third-order valence-electron chi connectivity index (χ3n) is 5.10. The summed E-state index contributed by atoms with van der Waals surface area (Å²) in [5.41, 5.74) is 9.26. The number of carbonyl (C=O) groups excluding carboxylic acids is 2. The molecule has 31 heavy (non-hydrogen) atoms. The first-order valence-corrected chi connectivity index (χ1v) is 10.6. The molecule has 2 aromatic carbocycles. The molecule has 1 aliphatic carbocycles. The van der Waals surface area contributed by atoms with Crippen LogP contribution in [0.3, 0.4) is 0 Å². The van der Waals surface area contributed by atoms with E-state index in [9.17, 15) is 9.59 Å². The van der Waals surface area contributed by atoms with E-state index in [0.717, 1.165) is 24.0 Å². The SMILES string of the molecule is Cc1ccc(C(=O)NC2CC2)cc1-n1cnc(C(=O)NCc2ccc(Cl)c(Cl)c2)c1N. The molecule has 0 bridgehead atoms. The highest BCUT2D eigenvalue weighted by Gasteiger charge is 2.24. The lowest BCUT2D eigenvalue weighted by molar-refractivity contribution is 0.0940. The molecule has 0 aliphatic heterocycles. The van der Waals surface area contributed by atoms with Crippen molar-refractivity contribution in [3.8, 4) is 5.69 Å². The number of nitrogens with zero attached hydrogens (tertiary/aromatic N) is 2. The molecule has 0 unspecified atom stereocenters. The van der Waals surface area contributed by atoms with Gasteiger partial charge in [-0.2, -0.15) is 0 Å². The summed E-state index contributed by atoms with van der Waals surface area (Å²) in [7, 11) is 0. The number of hydrogen-bond donors (Lipinski definition) is 3. The van der Waals surface area contributed by atoms with Gasteiger partial charge in [0.15, 0.2) is 5.69 Å². The zero-order valence-corrected chi connectivity index (χ0v) is 18.3. The predicted molar refractivity (Wildman–Crippen MR) is 121 cm³/mol. The number of rotatable bonds is 6. The van der Waals surface area contributed by atoms with E-state index in [0.29, 0.717) is 21.3 Å². The summed E-state index contributed by atoms with van der Waals surface area (Å²) in [5.74, 6) is -0.348. The fourth-order valence-corrected chi connectivity index (χ4v) is 3.47. The molecule has 1 heterocycles. The normalized spacial score (nSPS) is 13.1. The van der Waals surface area contributed by atoms with Crippen LogP contribution in [-0.4, -0.2) is 27.4 Å². The lowest BCUT2D eigenvalue weighted by Gasteiger charge is -2.12. The molecule has 4 N–H and O–H groups in total. The number of benzene rings is 2. The second-order valence-corrected chi connectivity index (χ2v) is 8.34. The van der Waals surface area contributed by atoms with Crippen LogP contribution in [0.1, 0.15) is 44.8 Å². The van der Waals surface area contributed by atoms with Crippen molar-refractivity contribution in [2.24, 2.45) is 0 Å². The van der Waals surface area contributed by atoms with E-state index in [1.54, 1.807) is 34.9 Å². The molecule has 9 heteroatoms. The molecule has 0 spiro atoms. The summed E-state index contributed by atoms with van der Waals surface area (Å²) in [4.78, 5) is 29.2. The Balaban J connectivity index is 1.52. The first-order valence-electron chi connectivity index (χ1n) is 9.80. The number of carbonyl (C=O) groups is 2. The summed E-state index contributed by atoms with van der Waals surface area (Å²) in [5, 5.41) is 6.61. The van der Waals surface area contributed by atoms with Crippen LogP contribution in [0.2, 0.25) is 10.0 Å². The van der Waals surface area contributed by atoms with Crippen LogP contribution in [0.15, 0.2) is 42.7 Å². The molecule has 2 amide bonds. The Morgan fingerprint density at radius 2 is 1.90 bits per heavy atom. The van der Waals surface area contributed by atoms with Crippen molar-refractivity contribution in [2.75, 3.05) is 5.73 Å². The molecule has 0 saturated heterocycles. The van der Waals surface area contributed by atoms with Gasteiger partial charge in [0.2, 0.25) is 0 Å². The Morgan fingerprint density at radius 1 is 1.13 bits per heavy atom. The van der Waals surface area contributed by atoms with Crippen molar-refractivity contribution in [3.63, 3.8) is 0 Å². The minimum atomic E-state index is -0.414. The van der Waals surface area contributed by atoms with E-state index in [1.807, 2.05) is 13.0 Å². The van der Waals surface area contributed by atoms with E-state index in [2.05, 4.69) is 15.6 Å². The lowest BCUT2D eigenvalue weighted by Crippen LogP contribution is -2.25. The third kappa shape index (κ3) is 4.68.